The molecule has 0 radical (unpaired) electrons. The summed E-state index contributed by atoms with van der Waals surface area (Å²) in [6.07, 6.45) is -0.513. The molecule has 3 aliphatic heterocycles. The monoisotopic (exact) mass is 633 g/mol. The molecule has 46 heavy (non-hydrogen) atoms. The quantitative estimate of drug-likeness (QED) is 0.299. The highest BCUT2D eigenvalue weighted by Crippen LogP contribution is 2.36. The van der Waals surface area contributed by atoms with Crippen LogP contribution in [0.1, 0.15) is 24.2 Å². The minimum atomic E-state index is -0.528. The van der Waals surface area contributed by atoms with Gasteiger partial charge in [0.05, 0.1) is 24.8 Å². The van der Waals surface area contributed by atoms with Gasteiger partial charge in [-0.2, -0.15) is 0 Å². The van der Waals surface area contributed by atoms with Gasteiger partial charge in [0.1, 0.15) is 11.9 Å². The summed E-state index contributed by atoms with van der Waals surface area (Å²) in [5.74, 6) is 2.02. The number of aliphatic hydroxyl groups is 1. The number of benzene rings is 3. The predicted molar refractivity (Wildman–Crippen MR) is 167 cm³/mol. The maximum atomic E-state index is 13.8. The number of nitrogens with zero attached hydrogens (tertiary/aromatic N) is 2. The second kappa shape index (κ2) is 12.9. The number of urea groups is 2. The lowest BCUT2D eigenvalue weighted by Gasteiger charge is -2.38. The summed E-state index contributed by atoms with van der Waals surface area (Å²) in [5, 5.41) is 18.3. The van der Waals surface area contributed by atoms with Crippen molar-refractivity contribution in [2.45, 2.75) is 26.0 Å². The first kappa shape index (κ1) is 30.6. The smallest absolute Gasteiger partial charge is 0.323 e. The minimum absolute atomic E-state index is 0.117. The molecule has 0 aliphatic carbocycles. The number of anilines is 3. The van der Waals surface area contributed by atoms with Crippen LogP contribution in [0.4, 0.5) is 26.7 Å². The van der Waals surface area contributed by atoms with Crippen LogP contribution in [0, 0.1) is 5.92 Å². The van der Waals surface area contributed by atoms with Crippen molar-refractivity contribution in [1.82, 2.24) is 9.80 Å². The molecule has 0 aromatic heterocycles. The van der Waals surface area contributed by atoms with Crippen LogP contribution in [0.5, 0.6) is 28.7 Å². The fourth-order valence-electron chi connectivity index (χ4n) is 5.33. The number of likely N-dealkylation sites (N-methyl/N-ethyl adjacent to an activating group) is 1. The summed E-state index contributed by atoms with van der Waals surface area (Å²) in [5.41, 5.74) is 1.62. The number of hydrogen-bond donors (Lipinski definition) is 4. The fraction of sp³-hybridized carbons (Fsp3) is 0.344. The molecule has 3 aromatic rings. The summed E-state index contributed by atoms with van der Waals surface area (Å²) in [6, 6.07) is 13.6. The Kier molecular flexibility index (Phi) is 8.61. The van der Waals surface area contributed by atoms with Crippen molar-refractivity contribution in [3.05, 3.63) is 60.2 Å². The van der Waals surface area contributed by atoms with E-state index >= 15 is 0 Å². The lowest BCUT2D eigenvalue weighted by Crippen LogP contribution is -2.50. The van der Waals surface area contributed by atoms with Gasteiger partial charge in [-0.25, -0.2) is 9.59 Å². The van der Waals surface area contributed by atoms with Crippen LogP contribution in [0.25, 0.3) is 0 Å². The average Bonchev–Trinajstić information content (AvgIpc) is 3.71. The Morgan fingerprint density at radius 2 is 1.41 bits per heavy atom. The van der Waals surface area contributed by atoms with Gasteiger partial charge in [0.15, 0.2) is 23.0 Å². The Hall–Kier alpha value is -5.37. The SMILES string of the molecule is C[C@H]1CN([C@@H](C)CO)C(=O)c2cc(NC(=O)Nc3ccc4c(c3)OCO4)ccc2O[C@@H]1CN(C)C(=O)Nc1ccc2c(c1)OCO2. The van der Waals surface area contributed by atoms with E-state index in [1.165, 1.54) is 11.0 Å². The Balaban J connectivity index is 1.18. The number of ether oxygens (including phenoxy) is 5. The van der Waals surface area contributed by atoms with Gasteiger partial charge in [0, 0.05) is 48.7 Å². The van der Waals surface area contributed by atoms with Gasteiger partial charge in [-0.05, 0) is 49.4 Å². The Morgan fingerprint density at radius 3 is 2.02 bits per heavy atom. The first-order valence-corrected chi connectivity index (χ1v) is 14.8. The number of aliphatic hydroxyl groups excluding tert-OH is 1. The standard InChI is InChI=1S/C32H35N5O9/c1-18-13-37(19(2)15-38)30(39)23-10-20(33-31(40)34-21-5-8-25-27(11-21)44-16-42-25)4-7-24(23)46-29(18)14-36(3)32(41)35-22-6-9-26-28(12-22)45-17-43-26/h4-12,18-19,29,38H,13-17H2,1-3H3,(H,35,41)(H2,33,34,40)/t18-,19-,29+/m0/s1. The molecular weight excluding hydrogens is 598 g/mol. The highest BCUT2D eigenvalue weighted by molar-refractivity contribution is 6.02. The van der Waals surface area contributed by atoms with E-state index in [0.29, 0.717) is 45.8 Å². The zero-order valence-electron chi connectivity index (χ0n) is 25.6. The highest BCUT2D eigenvalue weighted by atomic mass is 16.7. The Labute approximate surface area is 265 Å². The van der Waals surface area contributed by atoms with Gasteiger partial charge >= 0.3 is 12.1 Å². The van der Waals surface area contributed by atoms with Crippen LogP contribution in [-0.4, -0.2) is 85.4 Å². The van der Waals surface area contributed by atoms with Crippen molar-refractivity contribution >= 4 is 35.0 Å². The van der Waals surface area contributed by atoms with Crippen molar-refractivity contribution in [2.24, 2.45) is 5.92 Å². The molecule has 14 nitrogen and oxygen atoms in total. The molecule has 3 aliphatic rings. The molecule has 242 valence electrons. The van der Waals surface area contributed by atoms with Crippen molar-refractivity contribution in [2.75, 3.05) is 56.3 Å². The van der Waals surface area contributed by atoms with Crippen molar-refractivity contribution in [3.63, 3.8) is 0 Å². The lowest BCUT2D eigenvalue weighted by atomic mass is 9.99. The summed E-state index contributed by atoms with van der Waals surface area (Å²) in [7, 11) is 1.66. The zero-order chi connectivity index (χ0) is 32.4. The average molecular weight is 634 g/mol. The molecule has 0 unspecified atom stereocenters. The number of rotatable bonds is 7. The molecular formula is C32H35N5O9. The maximum absolute atomic E-state index is 13.8. The van der Waals surface area contributed by atoms with E-state index in [1.807, 2.05) is 6.92 Å². The highest BCUT2D eigenvalue weighted by Gasteiger charge is 2.34. The van der Waals surface area contributed by atoms with E-state index < -0.39 is 18.2 Å². The molecule has 0 saturated carbocycles. The van der Waals surface area contributed by atoms with Gasteiger partial charge in [-0.3, -0.25) is 4.79 Å². The number of hydrogen-bond acceptors (Lipinski definition) is 9. The van der Waals surface area contributed by atoms with Gasteiger partial charge in [-0.1, -0.05) is 6.92 Å². The first-order chi connectivity index (χ1) is 22.2. The first-order valence-electron chi connectivity index (χ1n) is 14.8. The minimum Gasteiger partial charge on any atom is -0.487 e. The molecule has 3 heterocycles. The van der Waals surface area contributed by atoms with Crippen LogP contribution in [0.2, 0.25) is 0 Å². The second-order valence-corrected chi connectivity index (χ2v) is 11.4. The summed E-state index contributed by atoms with van der Waals surface area (Å²) >= 11 is 0. The molecule has 0 saturated heterocycles. The lowest BCUT2D eigenvalue weighted by molar-refractivity contribution is 0.0371. The van der Waals surface area contributed by atoms with Gasteiger partial charge in [0.25, 0.3) is 5.91 Å². The fourth-order valence-corrected chi connectivity index (χ4v) is 5.33. The summed E-state index contributed by atoms with van der Waals surface area (Å²) < 4.78 is 27.8. The number of carbonyl (C=O) groups excluding carboxylic acids is 3. The normalized spacial score (nSPS) is 18.4. The number of fused-ring (bicyclic) bond motifs is 3. The van der Waals surface area contributed by atoms with E-state index in [4.69, 9.17) is 23.7 Å². The molecule has 0 bridgehead atoms. The number of amides is 5. The van der Waals surface area contributed by atoms with E-state index in [2.05, 4.69) is 16.0 Å². The zero-order valence-corrected chi connectivity index (χ0v) is 25.6. The number of nitrogens with one attached hydrogen (secondary N) is 3. The third-order valence-corrected chi connectivity index (χ3v) is 7.98. The Morgan fingerprint density at radius 1 is 0.870 bits per heavy atom. The van der Waals surface area contributed by atoms with Crippen molar-refractivity contribution in [1.29, 1.82) is 0 Å². The Bertz CT molecular complexity index is 1650. The van der Waals surface area contributed by atoms with Gasteiger partial charge in [0.2, 0.25) is 13.6 Å². The molecule has 5 amide bonds. The van der Waals surface area contributed by atoms with Crippen molar-refractivity contribution in [3.8, 4) is 28.7 Å². The van der Waals surface area contributed by atoms with Gasteiger partial charge < -0.3 is 54.5 Å². The molecule has 3 atom stereocenters. The number of carbonyl (C=O) groups is 3. The topological polar surface area (TPSA) is 160 Å². The van der Waals surface area contributed by atoms with Crippen LogP contribution < -0.4 is 39.6 Å². The summed E-state index contributed by atoms with van der Waals surface area (Å²) in [4.78, 5) is 42.8. The third kappa shape index (κ3) is 6.52. The molecule has 6 rings (SSSR count). The predicted octanol–water partition coefficient (Wildman–Crippen LogP) is 4.17. The molecule has 14 heteroatoms. The van der Waals surface area contributed by atoms with E-state index in [1.54, 1.807) is 67.4 Å². The molecule has 4 N–H and O–H groups in total. The van der Waals surface area contributed by atoms with E-state index in [9.17, 15) is 19.5 Å². The molecule has 0 spiro atoms. The van der Waals surface area contributed by atoms with Crippen LogP contribution in [0.3, 0.4) is 0 Å². The van der Waals surface area contributed by atoms with E-state index in [-0.39, 0.29) is 56.7 Å². The van der Waals surface area contributed by atoms with Crippen LogP contribution in [0.15, 0.2) is 54.6 Å². The molecule has 0 fully saturated rings. The summed E-state index contributed by atoms with van der Waals surface area (Å²) in [6.45, 7) is 4.16. The third-order valence-electron chi connectivity index (χ3n) is 7.98. The largest absolute Gasteiger partial charge is 0.487 e. The van der Waals surface area contributed by atoms with Crippen LogP contribution in [-0.2, 0) is 0 Å². The van der Waals surface area contributed by atoms with Gasteiger partial charge in [-0.15, -0.1) is 0 Å². The van der Waals surface area contributed by atoms with Crippen molar-refractivity contribution < 1.29 is 43.2 Å². The molecule has 3 aromatic carbocycles. The van der Waals surface area contributed by atoms with Crippen LogP contribution >= 0.6 is 0 Å². The van der Waals surface area contributed by atoms with E-state index in [0.717, 1.165) is 0 Å². The second-order valence-electron chi connectivity index (χ2n) is 11.4. The maximum Gasteiger partial charge on any atom is 0.323 e.